The first-order chi connectivity index (χ1) is 14.6. The number of thiazole rings is 1. The summed E-state index contributed by atoms with van der Waals surface area (Å²) in [4.78, 5) is 17.7. The molecule has 0 atom stereocenters. The van der Waals surface area contributed by atoms with E-state index in [1.807, 2.05) is 30.5 Å². The fourth-order valence-corrected chi connectivity index (χ4v) is 3.57. The first-order valence-corrected chi connectivity index (χ1v) is 10.3. The number of aromatic nitrogens is 5. The van der Waals surface area contributed by atoms with Gasteiger partial charge in [-0.05, 0) is 11.6 Å². The molecule has 9 nitrogen and oxygen atoms in total. The van der Waals surface area contributed by atoms with Crippen molar-refractivity contribution in [2.75, 3.05) is 26.6 Å². The molecule has 4 rings (SSSR count). The van der Waals surface area contributed by atoms with Crippen LogP contribution in [-0.4, -0.2) is 45.8 Å². The normalized spacial score (nSPS) is 10.3. The van der Waals surface area contributed by atoms with Crippen LogP contribution in [0.2, 0.25) is 5.28 Å². The topological polar surface area (TPSA) is 96.2 Å². The van der Waals surface area contributed by atoms with Crippen LogP contribution in [0.15, 0.2) is 30.2 Å². The molecule has 0 saturated heterocycles. The zero-order chi connectivity index (χ0) is 21.7. The van der Waals surface area contributed by atoms with Crippen LogP contribution in [0.25, 0.3) is 16.0 Å². The van der Waals surface area contributed by atoms with E-state index in [0.717, 1.165) is 5.69 Å². The molecule has 0 fully saturated rings. The number of rotatable bonds is 6. The minimum Gasteiger partial charge on any atom is -0.493 e. The van der Waals surface area contributed by atoms with Crippen molar-refractivity contribution in [3.8, 4) is 22.9 Å². The van der Waals surface area contributed by atoms with Crippen LogP contribution >= 0.6 is 22.9 Å². The number of hydrogen-bond acceptors (Lipinski definition) is 9. The second-order valence-electron chi connectivity index (χ2n) is 5.52. The average Bonchev–Trinajstić information content (AvgIpc) is 3.43. The summed E-state index contributed by atoms with van der Waals surface area (Å²) in [6, 6.07) is 3.65. The minimum absolute atomic E-state index is 0.142. The van der Waals surface area contributed by atoms with Crippen molar-refractivity contribution < 1.29 is 14.2 Å². The van der Waals surface area contributed by atoms with Crippen LogP contribution in [0.5, 0.6) is 17.2 Å². The second-order valence-corrected chi connectivity index (χ2v) is 6.69. The van der Waals surface area contributed by atoms with Crippen molar-refractivity contribution >= 4 is 44.9 Å². The molecule has 0 bridgehead atoms. The second kappa shape index (κ2) is 9.59. The molecule has 0 aliphatic rings. The summed E-state index contributed by atoms with van der Waals surface area (Å²) in [5.41, 5.74) is 3.11. The smallest absolute Gasteiger partial charge is 0.225 e. The zero-order valence-electron chi connectivity index (χ0n) is 17.1. The third-order valence-corrected chi connectivity index (χ3v) is 4.84. The molecule has 4 aromatic rings. The highest BCUT2D eigenvalue weighted by Gasteiger charge is 2.15. The van der Waals surface area contributed by atoms with Gasteiger partial charge in [0, 0.05) is 12.1 Å². The van der Waals surface area contributed by atoms with E-state index >= 15 is 0 Å². The van der Waals surface area contributed by atoms with Gasteiger partial charge < -0.3 is 24.1 Å². The number of nitrogens with one attached hydrogen (secondary N) is 1. The molecule has 0 aliphatic carbocycles. The summed E-state index contributed by atoms with van der Waals surface area (Å²) in [7, 11) is 4.70. The van der Waals surface area contributed by atoms with Crippen LogP contribution in [0.1, 0.15) is 13.8 Å². The Hall–Kier alpha value is -3.11. The number of halogens is 1. The van der Waals surface area contributed by atoms with Gasteiger partial charge in [-0.2, -0.15) is 4.98 Å². The van der Waals surface area contributed by atoms with Gasteiger partial charge in [0.25, 0.3) is 0 Å². The molecule has 0 amide bonds. The number of ether oxygens (including phenoxy) is 3. The maximum absolute atomic E-state index is 5.99. The lowest BCUT2D eigenvalue weighted by molar-refractivity contribution is 0.324. The van der Waals surface area contributed by atoms with Crippen molar-refractivity contribution in [2.24, 2.45) is 0 Å². The molecule has 3 aromatic heterocycles. The largest absolute Gasteiger partial charge is 0.493 e. The van der Waals surface area contributed by atoms with Gasteiger partial charge in [-0.15, -0.1) is 11.3 Å². The van der Waals surface area contributed by atoms with Crippen LogP contribution in [0.3, 0.4) is 0 Å². The van der Waals surface area contributed by atoms with E-state index in [9.17, 15) is 0 Å². The van der Waals surface area contributed by atoms with E-state index in [4.69, 9.17) is 25.8 Å². The molecule has 0 radical (unpaired) electrons. The van der Waals surface area contributed by atoms with Crippen LogP contribution < -0.4 is 19.5 Å². The molecule has 11 heteroatoms. The summed E-state index contributed by atoms with van der Waals surface area (Å²) in [5.74, 6) is 2.68. The maximum atomic E-state index is 5.99. The van der Waals surface area contributed by atoms with Gasteiger partial charge in [-0.1, -0.05) is 13.8 Å². The van der Waals surface area contributed by atoms with Gasteiger partial charge >= 0.3 is 0 Å². The maximum Gasteiger partial charge on any atom is 0.225 e. The monoisotopic (exact) mass is 448 g/mol. The number of methoxy groups -OCH3 is 3. The first kappa shape index (κ1) is 21.6. The number of fused-ring (bicyclic) bond motifs is 1. The molecule has 1 aromatic carbocycles. The van der Waals surface area contributed by atoms with Crippen molar-refractivity contribution in [3.05, 3.63) is 35.5 Å². The highest BCUT2D eigenvalue weighted by atomic mass is 35.5. The molecular formula is C19H21ClN6O3S. The molecule has 0 aliphatic heterocycles. The number of nitrogens with zero attached hydrogens (tertiary/aromatic N) is 5. The van der Waals surface area contributed by atoms with Gasteiger partial charge in [0.1, 0.15) is 17.7 Å². The molecule has 1 N–H and O–H groups in total. The van der Waals surface area contributed by atoms with Gasteiger partial charge in [0.05, 0.1) is 38.7 Å². The summed E-state index contributed by atoms with van der Waals surface area (Å²) in [6.45, 7) is 4.00. The Bertz CT molecular complexity index is 1120. The predicted molar refractivity (Wildman–Crippen MR) is 118 cm³/mol. The summed E-state index contributed by atoms with van der Waals surface area (Å²) in [6.07, 6.45) is 3.46. The van der Waals surface area contributed by atoms with E-state index in [2.05, 4.69) is 25.3 Å². The van der Waals surface area contributed by atoms with Gasteiger partial charge in [0.2, 0.25) is 11.0 Å². The Balaban J connectivity index is 0.00000124. The predicted octanol–water partition coefficient (Wildman–Crippen LogP) is 4.72. The molecular weight excluding hydrogens is 428 g/mol. The van der Waals surface area contributed by atoms with Crippen molar-refractivity contribution in [1.29, 1.82) is 0 Å². The number of anilines is 2. The van der Waals surface area contributed by atoms with Crippen LogP contribution in [-0.2, 0) is 0 Å². The quantitative estimate of drug-likeness (QED) is 0.423. The van der Waals surface area contributed by atoms with E-state index < -0.39 is 0 Å². The highest BCUT2D eigenvalue weighted by Crippen LogP contribution is 2.39. The number of imidazole rings is 1. The Kier molecular flexibility index (Phi) is 6.91. The molecule has 0 unspecified atom stereocenters. The Morgan fingerprint density at radius 1 is 1.00 bits per heavy atom. The van der Waals surface area contributed by atoms with Crippen molar-refractivity contribution in [2.45, 2.75) is 13.8 Å². The van der Waals surface area contributed by atoms with Crippen molar-refractivity contribution in [1.82, 2.24) is 24.5 Å². The van der Waals surface area contributed by atoms with E-state index in [1.54, 1.807) is 39.4 Å². The standard InChI is InChI=1S/C17H15ClN6O3S.C2H6/c1-25-10-4-9(5-11(26-2)14(10)27-3)24-6-12(19-7-24)21-15-13-16(28-8-20-13)23-17(18)22-15;1-2/h4-8H,1-3H3,(H,21,22,23);1-2H3. The van der Waals surface area contributed by atoms with Gasteiger partial charge in [0.15, 0.2) is 22.1 Å². The van der Waals surface area contributed by atoms with Crippen molar-refractivity contribution in [3.63, 3.8) is 0 Å². The lowest BCUT2D eigenvalue weighted by Gasteiger charge is -2.14. The third-order valence-electron chi connectivity index (χ3n) is 3.95. The van der Waals surface area contributed by atoms with Crippen LogP contribution in [0.4, 0.5) is 11.6 Å². The zero-order valence-corrected chi connectivity index (χ0v) is 18.7. The Morgan fingerprint density at radius 3 is 2.33 bits per heavy atom. The van der Waals surface area contributed by atoms with Gasteiger partial charge in [-0.25, -0.2) is 15.0 Å². The molecule has 0 saturated carbocycles. The lowest BCUT2D eigenvalue weighted by atomic mass is 10.2. The lowest BCUT2D eigenvalue weighted by Crippen LogP contribution is -1.99. The fraction of sp³-hybridized carbons (Fsp3) is 0.263. The number of benzene rings is 1. The highest BCUT2D eigenvalue weighted by molar-refractivity contribution is 7.16. The van der Waals surface area contributed by atoms with Crippen LogP contribution in [0, 0.1) is 0 Å². The van der Waals surface area contributed by atoms with E-state index in [1.165, 1.54) is 11.3 Å². The SMILES string of the molecule is CC.COc1cc(-n2cnc(Nc3nc(Cl)nc4scnc34)c2)cc(OC)c1OC. The third kappa shape index (κ3) is 4.24. The molecule has 3 heterocycles. The number of hydrogen-bond donors (Lipinski definition) is 1. The van der Waals surface area contributed by atoms with E-state index in [0.29, 0.717) is 39.2 Å². The average molecular weight is 449 g/mol. The fourth-order valence-electron chi connectivity index (χ4n) is 2.69. The Labute approximate surface area is 182 Å². The molecule has 0 spiro atoms. The molecule has 30 heavy (non-hydrogen) atoms. The summed E-state index contributed by atoms with van der Waals surface area (Å²) < 4.78 is 18.0. The minimum atomic E-state index is 0.142. The summed E-state index contributed by atoms with van der Waals surface area (Å²) >= 11 is 7.38. The molecule has 158 valence electrons. The Morgan fingerprint density at radius 2 is 1.70 bits per heavy atom. The summed E-state index contributed by atoms with van der Waals surface area (Å²) in [5, 5.41) is 3.28. The van der Waals surface area contributed by atoms with Gasteiger partial charge in [-0.3, -0.25) is 0 Å². The first-order valence-electron chi connectivity index (χ1n) is 9.01. The van der Waals surface area contributed by atoms with E-state index in [-0.39, 0.29) is 5.28 Å².